The van der Waals surface area contributed by atoms with Gasteiger partial charge in [0.05, 0.1) is 46.0 Å². The molecule has 14 heteroatoms. The summed E-state index contributed by atoms with van der Waals surface area (Å²) < 4.78 is 70.5. The van der Waals surface area contributed by atoms with Crippen molar-refractivity contribution in [2.24, 2.45) is 0 Å². The highest BCUT2D eigenvalue weighted by atomic mass is 32.2. The fraction of sp³-hybridized carbons (Fsp3) is 0.280. The third-order valence-corrected chi connectivity index (χ3v) is 7.00. The van der Waals surface area contributed by atoms with E-state index in [1.54, 1.807) is 0 Å². The summed E-state index contributed by atoms with van der Waals surface area (Å²) in [6, 6.07) is 7.24. The number of nitrogens with zero attached hydrogens (tertiary/aromatic N) is 4. The van der Waals surface area contributed by atoms with Crippen LogP contribution in [-0.4, -0.2) is 51.9 Å². The van der Waals surface area contributed by atoms with Crippen LogP contribution in [-0.2, 0) is 20.8 Å². The largest absolute Gasteiger partial charge is 0.416 e. The van der Waals surface area contributed by atoms with Crippen molar-refractivity contribution in [1.29, 1.82) is 10.5 Å². The molecule has 0 bridgehead atoms. The second-order valence-corrected chi connectivity index (χ2v) is 10.4. The molecule has 0 aliphatic carbocycles. The summed E-state index contributed by atoms with van der Waals surface area (Å²) >= 11 is 0. The molecule has 204 valence electrons. The number of anilines is 1. The van der Waals surface area contributed by atoms with E-state index in [2.05, 4.69) is 5.32 Å². The molecule has 0 fully saturated rings. The molecule has 10 nitrogen and oxygen atoms in total. The van der Waals surface area contributed by atoms with Gasteiger partial charge in [0.15, 0.2) is 9.84 Å². The molecule has 1 aliphatic rings. The van der Waals surface area contributed by atoms with Crippen LogP contribution in [0.3, 0.4) is 0 Å². The Balaban J connectivity index is 2.34. The van der Waals surface area contributed by atoms with E-state index in [0.717, 1.165) is 29.4 Å². The van der Waals surface area contributed by atoms with E-state index in [4.69, 9.17) is 4.74 Å². The topological polar surface area (TPSA) is 144 Å². The Labute approximate surface area is 222 Å². The van der Waals surface area contributed by atoms with Crippen LogP contribution < -0.4 is 10.2 Å². The van der Waals surface area contributed by atoms with Gasteiger partial charge in [0.25, 0.3) is 0 Å². The Hall–Kier alpha value is -4.40. The minimum absolute atomic E-state index is 0.0257. The number of imide groups is 1. The van der Waals surface area contributed by atoms with E-state index in [1.165, 1.54) is 32.2 Å². The van der Waals surface area contributed by atoms with Crippen LogP contribution >= 0.6 is 0 Å². The first-order valence-corrected chi connectivity index (χ1v) is 13.1. The second kappa shape index (κ2) is 11.1. The first-order valence-electron chi connectivity index (χ1n) is 11.2. The molecule has 1 aliphatic heterocycles. The van der Waals surface area contributed by atoms with Crippen LogP contribution in [0, 0.1) is 22.7 Å². The average Bonchev–Trinajstić information content (AvgIpc) is 2.87. The van der Waals surface area contributed by atoms with Gasteiger partial charge in [0.2, 0.25) is 0 Å². The lowest BCUT2D eigenvalue weighted by Crippen LogP contribution is -2.55. The van der Waals surface area contributed by atoms with E-state index in [1.807, 2.05) is 12.1 Å². The predicted molar refractivity (Wildman–Crippen MR) is 132 cm³/mol. The number of carbonyl (C=O) groups excluding carboxylic acids is 2. The van der Waals surface area contributed by atoms with E-state index >= 15 is 0 Å². The first kappa shape index (κ1) is 29.2. The maximum atomic E-state index is 13.8. The molecular weight excluding hydrogens is 539 g/mol. The first-order chi connectivity index (χ1) is 18.3. The standard InChI is InChI=1S/C25H22F3N5O5S/c1-15-20(14-30)22(19-8-7-16(13-29)11-21(19)39(3,36)37)33(23(34)31-9-10-38-2)24(35)32(15)18-6-4-5-17(12-18)25(26,27)28/h4-8,11-12,22H,9-10H2,1-3H3,(H,31,34). The molecule has 1 atom stereocenters. The van der Waals surface area contributed by atoms with Gasteiger partial charge in [-0.05, 0) is 42.8 Å². The smallest absolute Gasteiger partial charge is 0.383 e. The van der Waals surface area contributed by atoms with Crippen LogP contribution in [0.2, 0.25) is 0 Å². The lowest BCUT2D eigenvalue weighted by Gasteiger charge is -2.41. The Morgan fingerprint density at radius 1 is 1.15 bits per heavy atom. The lowest BCUT2D eigenvalue weighted by atomic mass is 9.93. The molecule has 0 saturated heterocycles. The van der Waals surface area contributed by atoms with Crippen LogP contribution in [0.4, 0.5) is 28.4 Å². The zero-order chi connectivity index (χ0) is 29.1. The number of methoxy groups -OCH3 is 1. The number of benzene rings is 2. The normalized spacial score (nSPS) is 16.1. The summed E-state index contributed by atoms with van der Waals surface area (Å²) in [6.07, 6.45) is -3.88. The zero-order valence-electron chi connectivity index (χ0n) is 20.9. The molecule has 0 spiro atoms. The van der Waals surface area contributed by atoms with Crippen molar-refractivity contribution in [2.45, 2.75) is 24.0 Å². The summed E-state index contributed by atoms with van der Waals surface area (Å²) in [5.74, 6) is 0. The third kappa shape index (κ3) is 5.87. The molecule has 1 N–H and O–H groups in total. The van der Waals surface area contributed by atoms with E-state index < -0.39 is 44.6 Å². The zero-order valence-corrected chi connectivity index (χ0v) is 21.7. The number of ether oxygens (including phenoxy) is 1. The lowest BCUT2D eigenvalue weighted by molar-refractivity contribution is -0.137. The van der Waals surface area contributed by atoms with Crippen molar-refractivity contribution < 1.29 is 35.9 Å². The maximum Gasteiger partial charge on any atom is 0.416 e. The number of hydrogen-bond donors (Lipinski definition) is 1. The molecule has 39 heavy (non-hydrogen) atoms. The molecule has 2 aromatic rings. The van der Waals surface area contributed by atoms with Crippen molar-refractivity contribution >= 4 is 27.6 Å². The van der Waals surface area contributed by atoms with Crippen molar-refractivity contribution in [3.63, 3.8) is 0 Å². The predicted octanol–water partition coefficient (Wildman–Crippen LogP) is 4.12. The molecule has 1 heterocycles. The number of rotatable bonds is 6. The number of alkyl halides is 3. The van der Waals surface area contributed by atoms with Gasteiger partial charge in [-0.1, -0.05) is 12.1 Å². The van der Waals surface area contributed by atoms with Crippen LogP contribution in [0.5, 0.6) is 0 Å². The highest BCUT2D eigenvalue weighted by Gasteiger charge is 2.45. The van der Waals surface area contributed by atoms with Gasteiger partial charge in [0, 0.05) is 25.6 Å². The minimum Gasteiger partial charge on any atom is -0.383 e. The number of amides is 4. The Morgan fingerprint density at radius 2 is 1.85 bits per heavy atom. The van der Waals surface area contributed by atoms with E-state index in [9.17, 15) is 41.7 Å². The Bertz CT molecular complexity index is 1540. The van der Waals surface area contributed by atoms with Gasteiger partial charge >= 0.3 is 18.2 Å². The maximum absolute atomic E-state index is 13.8. The number of allylic oxidation sites excluding steroid dienone is 1. The average molecular weight is 562 g/mol. The summed E-state index contributed by atoms with van der Waals surface area (Å²) in [5.41, 5.74) is -1.89. The Morgan fingerprint density at radius 3 is 2.41 bits per heavy atom. The number of urea groups is 2. The molecule has 3 rings (SSSR count). The van der Waals surface area contributed by atoms with Gasteiger partial charge in [-0.3, -0.25) is 4.90 Å². The molecule has 4 amide bonds. The van der Waals surface area contributed by atoms with E-state index in [-0.39, 0.29) is 41.2 Å². The second-order valence-electron chi connectivity index (χ2n) is 8.41. The number of nitriles is 2. The number of carbonyl (C=O) groups is 2. The fourth-order valence-electron chi connectivity index (χ4n) is 4.07. The molecule has 0 radical (unpaired) electrons. The van der Waals surface area contributed by atoms with Crippen molar-refractivity contribution in [1.82, 2.24) is 10.2 Å². The fourth-order valence-corrected chi connectivity index (χ4v) is 5.02. The quantitative estimate of drug-likeness (QED) is 0.523. The summed E-state index contributed by atoms with van der Waals surface area (Å²) in [5, 5.41) is 21.8. The number of hydrogen-bond acceptors (Lipinski definition) is 7. The highest BCUT2D eigenvalue weighted by Crippen LogP contribution is 2.42. The minimum atomic E-state index is -4.74. The Kier molecular flexibility index (Phi) is 8.33. The van der Waals surface area contributed by atoms with E-state index in [0.29, 0.717) is 11.0 Å². The number of halogens is 3. The summed E-state index contributed by atoms with van der Waals surface area (Å²) in [4.78, 5) is 28.1. The van der Waals surface area contributed by atoms with Crippen molar-refractivity contribution in [3.05, 3.63) is 70.4 Å². The van der Waals surface area contributed by atoms with Gasteiger partial charge < -0.3 is 10.1 Å². The van der Waals surface area contributed by atoms with Crippen LogP contribution in [0.25, 0.3) is 0 Å². The monoisotopic (exact) mass is 561 g/mol. The molecule has 0 saturated carbocycles. The van der Waals surface area contributed by atoms with Gasteiger partial charge in [-0.25, -0.2) is 22.9 Å². The number of sulfone groups is 1. The summed E-state index contributed by atoms with van der Waals surface area (Å²) in [6.45, 7) is 1.27. The molecule has 2 aromatic carbocycles. The molecular formula is C25H22F3N5O5S. The molecule has 1 unspecified atom stereocenters. The van der Waals surface area contributed by atoms with Gasteiger partial charge in [-0.2, -0.15) is 23.7 Å². The SMILES string of the molecule is COCCNC(=O)N1C(=O)N(c2cccc(C(F)(F)F)c2)C(C)=C(C#N)C1c1ccc(C#N)cc1S(C)(=O)=O. The molecule has 0 aromatic heterocycles. The van der Waals surface area contributed by atoms with Gasteiger partial charge in [-0.15, -0.1) is 0 Å². The van der Waals surface area contributed by atoms with Gasteiger partial charge in [0.1, 0.15) is 6.04 Å². The van der Waals surface area contributed by atoms with Crippen LogP contribution in [0.15, 0.2) is 58.6 Å². The summed E-state index contributed by atoms with van der Waals surface area (Å²) in [7, 11) is -2.68. The third-order valence-electron chi connectivity index (χ3n) is 5.84. The highest BCUT2D eigenvalue weighted by molar-refractivity contribution is 7.90. The van der Waals surface area contributed by atoms with Crippen molar-refractivity contribution in [3.8, 4) is 12.1 Å². The number of nitrogens with one attached hydrogen (secondary N) is 1. The van der Waals surface area contributed by atoms with Crippen molar-refractivity contribution in [2.75, 3.05) is 31.4 Å². The van der Waals surface area contributed by atoms with Crippen LogP contribution in [0.1, 0.15) is 29.7 Å².